The molecule has 0 radical (unpaired) electrons. The van der Waals surface area contributed by atoms with Crippen molar-refractivity contribution in [1.29, 1.82) is 5.26 Å². The molecule has 0 saturated carbocycles. The number of aliphatic hydroxyl groups excluding tert-OH is 1. The minimum absolute atomic E-state index is 0.214. The lowest BCUT2D eigenvalue weighted by molar-refractivity contribution is -0.131. The summed E-state index contributed by atoms with van der Waals surface area (Å²) in [6.07, 6.45) is 0.412. The summed E-state index contributed by atoms with van der Waals surface area (Å²) in [6, 6.07) is 16.4. The van der Waals surface area contributed by atoms with Gasteiger partial charge in [0.2, 0.25) is 0 Å². The molecule has 160 valence electrons. The van der Waals surface area contributed by atoms with Crippen molar-refractivity contribution in [1.82, 2.24) is 4.90 Å². The van der Waals surface area contributed by atoms with Crippen LogP contribution in [0.5, 0.6) is 11.5 Å². The maximum absolute atomic E-state index is 10.9. The van der Waals surface area contributed by atoms with Gasteiger partial charge in [-0.15, -0.1) is 11.8 Å². The number of nitrogens with zero attached hydrogens (tertiary/aromatic N) is 2. The summed E-state index contributed by atoms with van der Waals surface area (Å²) in [5.74, 6) is 1.84. The van der Waals surface area contributed by atoms with Crippen LogP contribution in [0.25, 0.3) is 0 Å². The summed E-state index contributed by atoms with van der Waals surface area (Å²) in [5.41, 5.74) is 0.582. The fourth-order valence-electron chi connectivity index (χ4n) is 2.80. The molecular weight excluding hydrogens is 400 g/mol. The Bertz CT molecular complexity index is 819. The number of carbonyl (C=O) groups excluding carboxylic acids is 1. The highest BCUT2D eigenvalue weighted by atomic mass is 32.2. The first-order valence-corrected chi connectivity index (χ1v) is 10.9. The van der Waals surface area contributed by atoms with E-state index in [1.807, 2.05) is 12.1 Å². The van der Waals surface area contributed by atoms with Gasteiger partial charge in [-0.25, -0.2) is 0 Å². The Morgan fingerprint density at radius 1 is 1.17 bits per heavy atom. The fourth-order valence-corrected chi connectivity index (χ4v) is 3.63. The molecule has 2 aromatic carbocycles. The van der Waals surface area contributed by atoms with Crippen LogP contribution >= 0.6 is 11.8 Å². The van der Waals surface area contributed by atoms with Gasteiger partial charge in [0.25, 0.3) is 0 Å². The Hall–Kier alpha value is -2.53. The average Bonchev–Trinajstić information content (AvgIpc) is 2.75. The number of hydrogen-bond acceptors (Lipinski definition) is 7. The van der Waals surface area contributed by atoms with E-state index in [1.54, 1.807) is 48.2 Å². The largest absolute Gasteiger partial charge is 0.491 e. The topological polar surface area (TPSA) is 82.8 Å². The lowest BCUT2D eigenvalue weighted by atomic mass is 10.2. The molecule has 30 heavy (non-hydrogen) atoms. The smallest absolute Gasteiger partial charge is 0.308 e. The predicted molar refractivity (Wildman–Crippen MR) is 118 cm³/mol. The molecule has 0 saturated heterocycles. The number of rotatable bonds is 12. The molecule has 0 bridgehead atoms. The standard InChI is InChI=1S/C23H28N2O4S/c1-3-25(16-20(27)17-28-21-7-5-19(15-24)6-8-21)13-4-14-30-23-11-9-22(10-12-23)29-18(2)26/h5-12,20,27H,3-4,13-14,16-17H2,1-2H3. The normalized spacial score (nSPS) is 11.7. The molecule has 0 aliphatic rings. The molecule has 0 aromatic heterocycles. The van der Waals surface area contributed by atoms with Crippen molar-refractivity contribution in [3.05, 3.63) is 54.1 Å². The Morgan fingerprint density at radius 2 is 1.83 bits per heavy atom. The van der Waals surface area contributed by atoms with Gasteiger partial charge in [0.15, 0.2) is 0 Å². The molecule has 0 aliphatic carbocycles. The Balaban J connectivity index is 1.65. The number of thioether (sulfide) groups is 1. The maximum Gasteiger partial charge on any atom is 0.308 e. The summed E-state index contributed by atoms with van der Waals surface area (Å²) in [6.45, 7) is 5.98. The highest BCUT2D eigenvalue weighted by Gasteiger charge is 2.11. The first-order chi connectivity index (χ1) is 14.5. The predicted octanol–water partition coefficient (Wildman–Crippen LogP) is 3.73. The minimum Gasteiger partial charge on any atom is -0.491 e. The van der Waals surface area contributed by atoms with Gasteiger partial charge in [0.1, 0.15) is 24.2 Å². The van der Waals surface area contributed by atoms with Gasteiger partial charge < -0.3 is 19.5 Å². The molecular formula is C23H28N2O4S. The van der Waals surface area contributed by atoms with Crippen LogP contribution in [-0.4, -0.2) is 54.1 Å². The number of likely N-dealkylation sites (N-methyl/N-ethyl adjacent to an activating group) is 1. The number of ether oxygens (including phenoxy) is 2. The van der Waals surface area contributed by atoms with E-state index in [1.165, 1.54) is 6.92 Å². The van der Waals surface area contributed by atoms with Crippen LogP contribution in [0, 0.1) is 11.3 Å². The molecule has 1 unspecified atom stereocenters. The van der Waals surface area contributed by atoms with Gasteiger partial charge in [-0.2, -0.15) is 5.26 Å². The second kappa shape index (κ2) is 12.9. The van der Waals surface area contributed by atoms with E-state index in [9.17, 15) is 9.90 Å². The van der Waals surface area contributed by atoms with Gasteiger partial charge in [-0.05, 0) is 73.8 Å². The van der Waals surface area contributed by atoms with Crippen molar-refractivity contribution in [2.75, 3.05) is 32.0 Å². The maximum atomic E-state index is 10.9. The van der Waals surface area contributed by atoms with Crippen LogP contribution < -0.4 is 9.47 Å². The van der Waals surface area contributed by atoms with Gasteiger partial charge >= 0.3 is 5.97 Å². The van der Waals surface area contributed by atoms with Crippen LogP contribution in [0.2, 0.25) is 0 Å². The zero-order valence-electron chi connectivity index (χ0n) is 17.4. The molecule has 0 amide bonds. The van der Waals surface area contributed by atoms with Crippen molar-refractivity contribution in [3.63, 3.8) is 0 Å². The van der Waals surface area contributed by atoms with Crippen LogP contribution in [0.1, 0.15) is 25.8 Å². The third kappa shape index (κ3) is 8.87. The quantitative estimate of drug-likeness (QED) is 0.239. The fraction of sp³-hybridized carbons (Fsp3) is 0.391. The van der Waals surface area contributed by atoms with E-state index in [-0.39, 0.29) is 12.6 Å². The van der Waals surface area contributed by atoms with Crippen LogP contribution in [-0.2, 0) is 4.79 Å². The third-order valence-corrected chi connectivity index (χ3v) is 5.41. The molecule has 0 fully saturated rings. The Morgan fingerprint density at radius 3 is 2.43 bits per heavy atom. The van der Waals surface area contributed by atoms with Crippen molar-refractivity contribution in [2.45, 2.75) is 31.3 Å². The first kappa shape index (κ1) is 23.7. The third-order valence-electron chi connectivity index (χ3n) is 4.31. The number of aliphatic hydroxyl groups is 1. The van der Waals surface area contributed by atoms with Gasteiger partial charge in [0, 0.05) is 18.4 Å². The second-order valence-electron chi connectivity index (χ2n) is 6.76. The van der Waals surface area contributed by atoms with Crippen LogP contribution in [0.4, 0.5) is 0 Å². The van der Waals surface area contributed by atoms with E-state index < -0.39 is 6.10 Å². The van der Waals surface area contributed by atoms with E-state index in [4.69, 9.17) is 14.7 Å². The van der Waals surface area contributed by atoms with Crippen molar-refractivity contribution >= 4 is 17.7 Å². The molecule has 0 spiro atoms. The first-order valence-electron chi connectivity index (χ1n) is 9.94. The van der Waals surface area contributed by atoms with Gasteiger partial charge in [-0.3, -0.25) is 4.79 Å². The molecule has 1 N–H and O–H groups in total. The van der Waals surface area contributed by atoms with Gasteiger partial charge in [-0.1, -0.05) is 6.92 Å². The number of hydrogen-bond donors (Lipinski definition) is 1. The highest BCUT2D eigenvalue weighted by molar-refractivity contribution is 7.99. The average molecular weight is 429 g/mol. The molecule has 0 aliphatic heterocycles. The number of carbonyl (C=O) groups is 1. The summed E-state index contributed by atoms with van der Waals surface area (Å²) in [5, 5.41) is 19.1. The molecule has 2 rings (SSSR count). The van der Waals surface area contributed by atoms with Crippen molar-refractivity contribution < 1.29 is 19.4 Å². The highest BCUT2D eigenvalue weighted by Crippen LogP contribution is 2.22. The summed E-state index contributed by atoms with van der Waals surface area (Å²) in [4.78, 5) is 14.3. The molecule has 7 heteroatoms. The summed E-state index contributed by atoms with van der Waals surface area (Å²) in [7, 11) is 0. The SMILES string of the molecule is CCN(CCCSc1ccc(OC(C)=O)cc1)CC(O)COc1ccc(C#N)cc1. The number of esters is 1. The Labute approximate surface area is 182 Å². The Kier molecular flexibility index (Phi) is 10.2. The van der Waals surface area contributed by atoms with E-state index >= 15 is 0 Å². The second-order valence-corrected chi connectivity index (χ2v) is 7.93. The zero-order chi connectivity index (χ0) is 21.8. The monoisotopic (exact) mass is 428 g/mol. The van der Waals surface area contributed by atoms with E-state index in [0.29, 0.717) is 23.6 Å². The molecule has 0 heterocycles. The van der Waals surface area contributed by atoms with E-state index in [2.05, 4.69) is 17.9 Å². The van der Waals surface area contributed by atoms with Crippen molar-refractivity contribution in [3.8, 4) is 17.6 Å². The number of benzene rings is 2. The molecule has 2 aromatic rings. The van der Waals surface area contributed by atoms with E-state index in [0.717, 1.165) is 30.2 Å². The van der Waals surface area contributed by atoms with Gasteiger partial charge in [0.05, 0.1) is 11.6 Å². The van der Waals surface area contributed by atoms with Crippen molar-refractivity contribution in [2.24, 2.45) is 0 Å². The minimum atomic E-state index is -0.581. The van der Waals surface area contributed by atoms with Crippen LogP contribution in [0.15, 0.2) is 53.4 Å². The lowest BCUT2D eigenvalue weighted by Gasteiger charge is -2.23. The number of nitriles is 1. The summed E-state index contributed by atoms with van der Waals surface area (Å²) < 4.78 is 10.6. The zero-order valence-corrected chi connectivity index (χ0v) is 18.2. The lowest BCUT2D eigenvalue weighted by Crippen LogP contribution is -2.36. The molecule has 6 nitrogen and oxygen atoms in total. The summed E-state index contributed by atoms with van der Waals surface area (Å²) >= 11 is 1.75. The van der Waals surface area contributed by atoms with Crippen LogP contribution in [0.3, 0.4) is 0 Å². The molecule has 1 atom stereocenters.